The highest BCUT2D eigenvalue weighted by Gasteiger charge is 2.15. The molecule has 2 aromatic rings. The smallest absolute Gasteiger partial charge is 0.252 e. The Morgan fingerprint density at radius 2 is 2.00 bits per heavy atom. The van der Waals surface area contributed by atoms with Crippen molar-refractivity contribution in [2.75, 3.05) is 19.8 Å². The summed E-state index contributed by atoms with van der Waals surface area (Å²) in [5.41, 5.74) is 1.63. The van der Waals surface area contributed by atoms with E-state index in [-0.39, 0.29) is 17.9 Å². The van der Waals surface area contributed by atoms with Gasteiger partial charge in [-0.15, -0.1) is 0 Å². The predicted molar refractivity (Wildman–Crippen MR) is 99.9 cm³/mol. The molecule has 0 aliphatic carbocycles. The van der Waals surface area contributed by atoms with E-state index >= 15 is 0 Å². The molecule has 0 saturated carbocycles. The van der Waals surface area contributed by atoms with E-state index in [0.717, 1.165) is 11.3 Å². The molecule has 6 nitrogen and oxygen atoms in total. The minimum absolute atomic E-state index is 0.0443. The summed E-state index contributed by atoms with van der Waals surface area (Å²) in [4.78, 5) is 23.9. The van der Waals surface area contributed by atoms with Gasteiger partial charge in [-0.3, -0.25) is 9.59 Å². The van der Waals surface area contributed by atoms with Crippen LogP contribution in [0, 0.1) is 0 Å². The van der Waals surface area contributed by atoms with Gasteiger partial charge in [0.1, 0.15) is 13.2 Å². The molecular formula is C19H22N2O4S. The van der Waals surface area contributed by atoms with Gasteiger partial charge >= 0.3 is 0 Å². The molecular weight excluding hydrogens is 352 g/mol. The van der Waals surface area contributed by atoms with Crippen LogP contribution in [0.25, 0.3) is 0 Å². The van der Waals surface area contributed by atoms with Crippen molar-refractivity contribution in [1.82, 2.24) is 10.6 Å². The van der Waals surface area contributed by atoms with Crippen molar-refractivity contribution in [3.8, 4) is 11.5 Å². The number of benzene rings is 1. The minimum atomic E-state index is -0.126. The number of nitrogens with one attached hydrogen (secondary N) is 2. The van der Waals surface area contributed by atoms with Gasteiger partial charge in [-0.1, -0.05) is 6.07 Å². The lowest BCUT2D eigenvalue weighted by atomic mass is 10.1. The summed E-state index contributed by atoms with van der Waals surface area (Å²) in [7, 11) is 0. The van der Waals surface area contributed by atoms with E-state index in [2.05, 4.69) is 10.6 Å². The van der Waals surface area contributed by atoms with E-state index in [1.54, 1.807) is 11.4 Å². The molecule has 0 bridgehead atoms. The fraction of sp³-hybridized carbons (Fsp3) is 0.368. The van der Waals surface area contributed by atoms with Crippen LogP contribution in [-0.2, 0) is 4.79 Å². The zero-order valence-electron chi connectivity index (χ0n) is 14.6. The Bertz CT molecular complexity index is 761. The van der Waals surface area contributed by atoms with Crippen LogP contribution in [0.4, 0.5) is 0 Å². The van der Waals surface area contributed by atoms with Crippen LogP contribution in [-0.4, -0.2) is 31.6 Å². The van der Waals surface area contributed by atoms with Crippen molar-refractivity contribution in [2.45, 2.75) is 25.8 Å². The number of amides is 2. The number of carbonyl (C=O) groups is 2. The second kappa shape index (κ2) is 8.71. The van der Waals surface area contributed by atoms with Crippen molar-refractivity contribution in [1.29, 1.82) is 0 Å². The molecule has 138 valence electrons. The van der Waals surface area contributed by atoms with E-state index in [0.29, 0.717) is 43.9 Å². The quantitative estimate of drug-likeness (QED) is 0.731. The molecule has 2 N–H and O–H groups in total. The van der Waals surface area contributed by atoms with E-state index in [1.165, 1.54) is 11.3 Å². The molecule has 0 saturated heterocycles. The molecule has 7 heteroatoms. The first kappa shape index (κ1) is 18.3. The maximum atomic E-state index is 12.1. The minimum Gasteiger partial charge on any atom is -0.486 e. The van der Waals surface area contributed by atoms with E-state index < -0.39 is 0 Å². The maximum Gasteiger partial charge on any atom is 0.252 e. The van der Waals surface area contributed by atoms with Gasteiger partial charge in [-0.25, -0.2) is 0 Å². The molecule has 0 spiro atoms. The van der Waals surface area contributed by atoms with Crippen molar-refractivity contribution >= 4 is 23.2 Å². The Morgan fingerprint density at radius 1 is 1.19 bits per heavy atom. The van der Waals surface area contributed by atoms with Crippen molar-refractivity contribution in [3.63, 3.8) is 0 Å². The molecule has 2 amide bonds. The fourth-order valence-corrected chi connectivity index (χ4v) is 3.31. The topological polar surface area (TPSA) is 76.7 Å². The summed E-state index contributed by atoms with van der Waals surface area (Å²) in [5, 5.41) is 9.45. The lowest BCUT2D eigenvalue weighted by Gasteiger charge is -2.21. The van der Waals surface area contributed by atoms with Crippen LogP contribution < -0.4 is 20.1 Å². The second-order valence-electron chi connectivity index (χ2n) is 6.06. The summed E-state index contributed by atoms with van der Waals surface area (Å²) < 4.78 is 11.1. The molecule has 0 fully saturated rings. The summed E-state index contributed by atoms with van der Waals surface area (Å²) >= 11 is 1.48. The number of rotatable bonds is 7. The number of thiophene rings is 1. The van der Waals surface area contributed by atoms with Crippen molar-refractivity contribution in [2.24, 2.45) is 0 Å². The SMILES string of the molecule is CC(NC(=O)CCCNC(=O)c1ccsc1)c1ccc2c(c1)OCCO2. The zero-order chi connectivity index (χ0) is 18.4. The first-order chi connectivity index (χ1) is 12.6. The van der Waals surface area contributed by atoms with Crippen LogP contribution in [0.1, 0.15) is 41.7 Å². The van der Waals surface area contributed by atoms with Crippen LogP contribution >= 0.6 is 11.3 Å². The summed E-state index contributed by atoms with van der Waals surface area (Å²) in [6.45, 7) is 3.50. The molecule has 2 heterocycles. The summed E-state index contributed by atoms with van der Waals surface area (Å²) in [5.74, 6) is 1.30. The molecule has 1 atom stereocenters. The van der Waals surface area contributed by atoms with Gasteiger partial charge < -0.3 is 20.1 Å². The average molecular weight is 374 g/mol. The number of hydrogen-bond acceptors (Lipinski definition) is 5. The Kier molecular flexibility index (Phi) is 6.12. The highest BCUT2D eigenvalue weighted by atomic mass is 32.1. The van der Waals surface area contributed by atoms with Gasteiger partial charge in [0.05, 0.1) is 6.04 Å². The van der Waals surface area contributed by atoms with Gasteiger partial charge in [-0.2, -0.15) is 11.3 Å². The third-order valence-corrected chi connectivity index (χ3v) is 4.78. The third-order valence-electron chi connectivity index (χ3n) is 4.09. The Morgan fingerprint density at radius 3 is 2.77 bits per heavy atom. The van der Waals surface area contributed by atoms with Crippen LogP contribution in [0.2, 0.25) is 0 Å². The average Bonchev–Trinajstić information content (AvgIpc) is 3.19. The number of hydrogen-bond donors (Lipinski definition) is 2. The lowest BCUT2D eigenvalue weighted by Crippen LogP contribution is -2.29. The summed E-state index contributed by atoms with van der Waals surface area (Å²) in [6, 6.07) is 7.35. The largest absolute Gasteiger partial charge is 0.486 e. The Labute approximate surface area is 156 Å². The van der Waals surface area contributed by atoms with Gasteiger partial charge in [-0.05, 0) is 42.5 Å². The molecule has 1 aromatic heterocycles. The van der Waals surface area contributed by atoms with Gasteiger partial charge in [0.2, 0.25) is 5.91 Å². The van der Waals surface area contributed by atoms with Gasteiger partial charge in [0, 0.05) is 23.9 Å². The van der Waals surface area contributed by atoms with E-state index in [9.17, 15) is 9.59 Å². The first-order valence-electron chi connectivity index (χ1n) is 8.63. The van der Waals surface area contributed by atoms with Crippen molar-refractivity contribution in [3.05, 3.63) is 46.2 Å². The molecule has 0 radical (unpaired) electrons. The van der Waals surface area contributed by atoms with Crippen LogP contribution in [0.15, 0.2) is 35.0 Å². The van der Waals surface area contributed by atoms with Gasteiger partial charge in [0.25, 0.3) is 5.91 Å². The summed E-state index contributed by atoms with van der Waals surface area (Å²) in [6.07, 6.45) is 0.953. The number of carbonyl (C=O) groups excluding carboxylic acids is 2. The third kappa shape index (κ3) is 4.76. The van der Waals surface area contributed by atoms with E-state index in [1.807, 2.05) is 30.5 Å². The number of ether oxygens (including phenoxy) is 2. The molecule has 1 aromatic carbocycles. The fourth-order valence-electron chi connectivity index (χ4n) is 2.67. The normalized spacial score (nSPS) is 13.7. The van der Waals surface area contributed by atoms with Crippen LogP contribution in [0.3, 0.4) is 0 Å². The zero-order valence-corrected chi connectivity index (χ0v) is 15.4. The second-order valence-corrected chi connectivity index (χ2v) is 6.84. The van der Waals surface area contributed by atoms with Crippen LogP contribution in [0.5, 0.6) is 11.5 Å². The highest BCUT2D eigenvalue weighted by Crippen LogP contribution is 2.32. The molecule has 26 heavy (non-hydrogen) atoms. The molecule has 3 rings (SSSR count). The molecule has 1 unspecified atom stereocenters. The molecule has 1 aliphatic rings. The van der Waals surface area contributed by atoms with E-state index in [4.69, 9.17) is 9.47 Å². The Hall–Kier alpha value is -2.54. The standard InChI is InChI=1S/C19H22N2O4S/c1-13(14-4-5-16-17(11-14)25-9-8-24-16)21-18(22)3-2-7-20-19(23)15-6-10-26-12-15/h4-6,10-13H,2-3,7-9H2,1H3,(H,20,23)(H,21,22). The van der Waals surface area contributed by atoms with Gasteiger partial charge in [0.15, 0.2) is 11.5 Å². The highest BCUT2D eigenvalue weighted by molar-refractivity contribution is 7.08. The first-order valence-corrected chi connectivity index (χ1v) is 9.57. The monoisotopic (exact) mass is 374 g/mol. The Balaban J connectivity index is 1.41. The lowest BCUT2D eigenvalue weighted by molar-refractivity contribution is -0.121. The number of fused-ring (bicyclic) bond motifs is 1. The molecule has 1 aliphatic heterocycles. The maximum absolute atomic E-state index is 12.1. The van der Waals surface area contributed by atoms with Crippen molar-refractivity contribution < 1.29 is 19.1 Å². The predicted octanol–water partition coefficient (Wildman–Crippen LogP) is 2.91.